The number of ether oxygens (including phenoxy) is 3. The second-order valence-corrected chi connectivity index (χ2v) is 9.95. The van der Waals surface area contributed by atoms with E-state index in [0.29, 0.717) is 43.4 Å². The number of hydrogen-bond acceptors (Lipinski definition) is 6. The van der Waals surface area contributed by atoms with E-state index in [1.165, 1.54) is 0 Å². The molecular formula is C29H39N3O6. The van der Waals surface area contributed by atoms with Crippen LogP contribution in [0.15, 0.2) is 42.5 Å². The van der Waals surface area contributed by atoms with Crippen LogP contribution in [0.25, 0.3) is 0 Å². The lowest BCUT2D eigenvalue weighted by atomic mass is 9.82. The number of rotatable bonds is 11. The number of methoxy groups -OCH3 is 1. The zero-order valence-electron chi connectivity index (χ0n) is 22.7. The number of carboxylic acid groups (broad SMARTS) is 1. The van der Waals surface area contributed by atoms with Gasteiger partial charge in [-0.3, -0.25) is 9.69 Å². The van der Waals surface area contributed by atoms with Crippen molar-refractivity contribution >= 4 is 12.0 Å². The van der Waals surface area contributed by atoms with Crippen molar-refractivity contribution in [2.75, 3.05) is 40.1 Å². The number of aliphatic carboxylic acids is 1. The van der Waals surface area contributed by atoms with Gasteiger partial charge in [-0.15, -0.1) is 0 Å². The van der Waals surface area contributed by atoms with E-state index in [0.717, 1.165) is 24.0 Å². The largest absolute Gasteiger partial charge is 0.497 e. The van der Waals surface area contributed by atoms with Crippen LogP contribution in [0.5, 0.6) is 17.2 Å². The monoisotopic (exact) mass is 525 g/mol. The standard InChI is InChI=1S/C29H39N3O6/c1-5-7-19(3)32(6-2)29(35)30-14-15-31-17-23(21-10-13-24-25(16-21)38-18-37-24)26(28(33)34)27(31)20-8-11-22(36-4)12-9-20/h8-13,16,19,23,26-27H,5-7,14-15,17-18H2,1-4H3,(H,30,35)(H,33,34). The molecule has 9 nitrogen and oxygen atoms in total. The average molecular weight is 526 g/mol. The number of carbonyl (C=O) groups excluding carboxylic acids is 1. The fraction of sp³-hybridized carbons (Fsp3) is 0.517. The molecule has 2 aromatic rings. The van der Waals surface area contributed by atoms with Crippen molar-refractivity contribution in [3.05, 3.63) is 53.6 Å². The highest BCUT2D eigenvalue weighted by atomic mass is 16.7. The number of nitrogens with one attached hydrogen (secondary N) is 1. The highest BCUT2D eigenvalue weighted by molar-refractivity contribution is 5.75. The van der Waals surface area contributed by atoms with Crippen LogP contribution in [-0.4, -0.2) is 73.0 Å². The lowest BCUT2D eigenvalue weighted by Crippen LogP contribution is -2.46. The number of nitrogens with zero attached hydrogens (tertiary/aromatic N) is 2. The highest BCUT2D eigenvalue weighted by Gasteiger charge is 2.47. The number of benzene rings is 2. The number of urea groups is 1. The minimum Gasteiger partial charge on any atom is -0.497 e. The topological polar surface area (TPSA) is 101 Å². The number of likely N-dealkylation sites (tertiary alicyclic amines) is 1. The molecule has 9 heteroatoms. The second-order valence-electron chi connectivity index (χ2n) is 9.95. The van der Waals surface area contributed by atoms with E-state index in [1.807, 2.05) is 54.3 Å². The Morgan fingerprint density at radius 2 is 1.84 bits per heavy atom. The van der Waals surface area contributed by atoms with Gasteiger partial charge in [0.25, 0.3) is 0 Å². The van der Waals surface area contributed by atoms with E-state index in [1.54, 1.807) is 7.11 Å². The third-order valence-electron chi connectivity index (χ3n) is 7.68. The number of amides is 2. The predicted octanol–water partition coefficient (Wildman–Crippen LogP) is 4.49. The van der Waals surface area contributed by atoms with E-state index in [2.05, 4.69) is 24.1 Å². The average Bonchev–Trinajstić information content (AvgIpc) is 3.54. The first kappa shape index (κ1) is 27.6. The van der Waals surface area contributed by atoms with Crippen LogP contribution in [0.1, 0.15) is 56.7 Å². The molecule has 0 saturated carbocycles. The zero-order chi connectivity index (χ0) is 27.2. The van der Waals surface area contributed by atoms with Crippen molar-refractivity contribution < 1.29 is 28.9 Å². The fourth-order valence-corrected chi connectivity index (χ4v) is 5.78. The van der Waals surface area contributed by atoms with Crippen LogP contribution in [0, 0.1) is 5.92 Å². The van der Waals surface area contributed by atoms with Crippen LogP contribution in [0.4, 0.5) is 4.79 Å². The molecule has 2 N–H and O–H groups in total. The van der Waals surface area contributed by atoms with Gasteiger partial charge in [-0.25, -0.2) is 4.79 Å². The SMILES string of the molecule is CCCC(C)N(CC)C(=O)NCCN1CC(c2ccc3c(c2)OCO3)C(C(=O)O)C1c1ccc(OC)cc1. The van der Waals surface area contributed by atoms with Crippen LogP contribution in [0.3, 0.4) is 0 Å². The summed E-state index contributed by atoms with van der Waals surface area (Å²) in [6.07, 6.45) is 1.96. The summed E-state index contributed by atoms with van der Waals surface area (Å²) in [7, 11) is 1.61. The lowest BCUT2D eigenvalue weighted by molar-refractivity contribution is -0.143. The van der Waals surface area contributed by atoms with Crippen LogP contribution in [-0.2, 0) is 4.79 Å². The summed E-state index contributed by atoms with van der Waals surface area (Å²) in [4.78, 5) is 29.7. The normalized spacial score (nSPS) is 21.2. The molecule has 2 aliphatic heterocycles. The van der Waals surface area contributed by atoms with E-state index < -0.39 is 11.9 Å². The maximum Gasteiger partial charge on any atom is 0.317 e. The first-order valence-electron chi connectivity index (χ1n) is 13.4. The van der Waals surface area contributed by atoms with Crippen molar-refractivity contribution in [3.63, 3.8) is 0 Å². The molecule has 38 heavy (non-hydrogen) atoms. The minimum absolute atomic E-state index is 0.0873. The Morgan fingerprint density at radius 3 is 2.50 bits per heavy atom. The predicted molar refractivity (Wildman–Crippen MR) is 144 cm³/mol. The molecule has 2 heterocycles. The van der Waals surface area contributed by atoms with Crippen molar-refractivity contribution in [3.8, 4) is 17.2 Å². The molecular weight excluding hydrogens is 486 g/mol. The molecule has 4 atom stereocenters. The molecule has 2 aromatic carbocycles. The van der Waals surface area contributed by atoms with Gasteiger partial charge >= 0.3 is 12.0 Å². The summed E-state index contributed by atoms with van der Waals surface area (Å²) < 4.78 is 16.3. The van der Waals surface area contributed by atoms with Crippen LogP contribution >= 0.6 is 0 Å². The quantitative estimate of drug-likeness (QED) is 0.446. The van der Waals surface area contributed by atoms with Gasteiger partial charge in [0.15, 0.2) is 11.5 Å². The molecule has 206 valence electrons. The zero-order valence-corrected chi connectivity index (χ0v) is 22.7. The van der Waals surface area contributed by atoms with Gasteiger partial charge in [-0.1, -0.05) is 31.5 Å². The van der Waals surface area contributed by atoms with Crippen molar-refractivity contribution in [1.29, 1.82) is 0 Å². The number of hydrogen-bond donors (Lipinski definition) is 2. The van der Waals surface area contributed by atoms with E-state index >= 15 is 0 Å². The Labute approximate surface area is 224 Å². The highest BCUT2D eigenvalue weighted by Crippen LogP contribution is 2.47. The first-order chi connectivity index (χ1) is 18.4. The fourth-order valence-electron chi connectivity index (χ4n) is 5.78. The molecule has 0 spiro atoms. The van der Waals surface area contributed by atoms with E-state index in [-0.39, 0.29) is 30.8 Å². The molecule has 2 amide bonds. The van der Waals surface area contributed by atoms with Gasteiger partial charge in [-0.2, -0.15) is 0 Å². The van der Waals surface area contributed by atoms with E-state index in [4.69, 9.17) is 14.2 Å². The Balaban J connectivity index is 1.57. The Morgan fingerprint density at radius 1 is 1.13 bits per heavy atom. The summed E-state index contributed by atoms with van der Waals surface area (Å²) >= 11 is 0. The maximum atomic E-state index is 12.9. The van der Waals surface area contributed by atoms with Gasteiger partial charge in [-0.05, 0) is 55.7 Å². The van der Waals surface area contributed by atoms with Gasteiger partial charge < -0.3 is 29.5 Å². The third kappa shape index (κ3) is 5.83. The summed E-state index contributed by atoms with van der Waals surface area (Å²) in [6, 6.07) is 13.0. The maximum absolute atomic E-state index is 12.9. The van der Waals surface area contributed by atoms with Gasteiger partial charge in [0.1, 0.15) is 5.75 Å². The van der Waals surface area contributed by atoms with Gasteiger partial charge in [0.2, 0.25) is 6.79 Å². The van der Waals surface area contributed by atoms with Crippen LogP contribution < -0.4 is 19.5 Å². The molecule has 1 fully saturated rings. The molecule has 0 radical (unpaired) electrons. The Hall–Kier alpha value is -3.46. The second kappa shape index (κ2) is 12.4. The molecule has 0 aliphatic carbocycles. The molecule has 4 rings (SSSR count). The van der Waals surface area contributed by atoms with E-state index in [9.17, 15) is 14.7 Å². The van der Waals surface area contributed by atoms with Crippen molar-refractivity contribution in [1.82, 2.24) is 15.1 Å². The van der Waals surface area contributed by atoms with Gasteiger partial charge in [0, 0.05) is 44.2 Å². The van der Waals surface area contributed by atoms with Crippen molar-refractivity contribution in [2.24, 2.45) is 5.92 Å². The lowest BCUT2D eigenvalue weighted by Gasteiger charge is -2.30. The Bertz CT molecular complexity index is 1110. The molecule has 0 bridgehead atoms. The molecule has 4 unspecified atom stereocenters. The molecule has 2 aliphatic rings. The third-order valence-corrected chi connectivity index (χ3v) is 7.68. The number of fused-ring (bicyclic) bond motifs is 1. The smallest absolute Gasteiger partial charge is 0.317 e. The Kier molecular flexibility index (Phi) is 8.99. The summed E-state index contributed by atoms with van der Waals surface area (Å²) in [5, 5.41) is 13.5. The minimum atomic E-state index is -0.856. The summed E-state index contributed by atoms with van der Waals surface area (Å²) in [5.74, 6) is 0.218. The molecule has 1 saturated heterocycles. The van der Waals surface area contributed by atoms with Gasteiger partial charge in [0.05, 0.1) is 13.0 Å². The summed E-state index contributed by atoms with van der Waals surface area (Å²) in [6.45, 7) is 8.45. The van der Waals surface area contributed by atoms with Crippen LogP contribution in [0.2, 0.25) is 0 Å². The molecule has 0 aromatic heterocycles. The number of carbonyl (C=O) groups is 2. The summed E-state index contributed by atoms with van der Waals surface area (Å²) in [5.41, 5.74) is 1.80. The van der Waals surface area contributed by atoms with Crippen molar-refractivity contribution in [2.45, 2.75) is 51.6 Å². The number of carboxylic acids is 1. The first-order valence-corrected chi connectivity index (χ1v) is 13.4.